The van der Waals surface area contributed by atoms with Crippen molar-refractivity contribution >= 4 is 23.5 Å². The maximum Gasteiger partial charge on any atom is 0.223 e. The number of aryl methyl sites for hydroxylation is 1. The van der Waals surface area contributed by atoms with E-state index in [4.69, 9.17) is 0 Å². The van der Waals surface area contributed by atoms with Crippen molar-refractivity contribution in [3.05, 3.63) is 78.1 Å². The summed E-state index contributed by atoms with van der Waals surface area (Å²) in [6.07, 6.45) is 5.12. The largest absolute Gasteiger partial charge is 0.354 e. The van der Waals surface area contributed by atoms with Crippen LogP contribution in [0.4, 0.5) is 5.82 Å². The van der Waals surface area contributed by atoms with Crippen LogP contribution in [-0.4, -0.2) is 29.0 Å². The second kappa shape index (κ2) is 9.96. The lowest BCUT2D eigenvalue weighted by Crippen LogP contribution is -2.41. The SMILES string of the molecule is Cc1ccc(Sc2nccnc2N2CCC(C(=O)NC(C)c3ccccc3)CC2)cc1. The van der Waals surface area contributed by atoms with Crippen molar-refractivity contribution in [3.63, 3.8) is 0 Å². The highest BCUT2D eigenvalue weighted by molar-refractivity contribution is 7.99. The van der Waals surface area contributed by atoms with Gasteiger partial charge in [0.1, 0.15) is 5.03 Å². The van der Waals surface area contributed by atoms with Crippen LogP contribution in [0, 0.1) is 12.8 Å². The quantitative estimate of drug-likeness (QED) is 0.592. The Bertz CT molecular complexity index is 1000. The molecule has 0 saturated carbocycles. The number of anilines is 1. The van der Waals surface area contributed by atoms with E-state index in [2.05, 4.69) is 63.5 Å². The molecule has 5 nitrogen and oxygen atoms in total. The Morgan fingerprint density at radius 3 is 2.42 bits per heavy atom. The van der Waals surface area contributed by atoms with Gasteiger partial charge in [0.15, 0.2) is 5.82 Å². The van der Waals surface area contributed by atoms with Crippen molar-refractivity contribution in [3.8, 4) is 0 Å². The van der Waals surface area contributed by atoms with Gasteiger partial charge >= 0.3 is 0 Å². The Hall–Kier alpha value is -2.86. The second-order valence-electron chi connectivity index (χ2n) is 8.00. The van der Waals surface area contributed by atoms with Gasteiger partial charge in [0.25, 0.3) is 0 Å². The van der Waals surface area contributed by atoms with E-state index in [1.165, 1.54) is 5.56 Å². The van der Waals surface area contributed by atoms with E-state index >= 15 is 0 Å². The number of aromatic nitrogens is 2. The van der Waals surface area contributed by atoms with Crippen LogP contribution in [0.2, 0.25) is 0 Å². The van der Waals surface area contributed by atoms with Gasteiger partial charge < -0.3 is 10.2 Å². The van der Waals surface area contributed by atoms with E-state index in [0.29, 0.717) is 0 Å². The van der Waals surface area contributed by atoms with E-state index in [0.717, 1.165) is 47.2 Å². The molecule has 0 spiro atoms. The predicted octanol–water partition coefficient (Wildman–Crippen LogP) is 5.03. The summed E-state index contributed by atoms with van der Waals surface area (Å²) in [5, 5.41) is 4.09. The van der Waals surface area contributed by atoms with Gasteiger partial charge in [-0.15, -0.1) is 0 Å². The highest BCUT2D eigenvalue weighted by atomic mass is 32.2. The second-order valence-corrected chi connectivity index (χ2v) is 9.06. The van der Waals surface area contributed by atoms with Gasteiger partial charge in [0.2, 0.25) is 5.91 Å². The molecule has 1 aliphatic heterocycles. The number of nitrogens with one attached hydrogen (secondary N) is 1. The third kappa shape index (κ3) is 5.44. The Morgan fingerprint density at radius 1 is 1.03 bits per heavy atom. The van der Waals surface area contributed by atoms with Gasteiger partial charge in [0, 0.05) is 36.3 Å². The Labute approximate surface area is 188 Å². The topological polar surface area (TPSA) is 58.1 Å². The first kappa shape index (κ1) is 21.4. The molecule has 0 aliphatic carbocycles. The van der Waals surface area contributed by atoms with Crippen molar-refractivity contribution < 1.29 is 4.79 Å². The summed E-state index contributed by atoms with van der Waals surface area (Å²) >= 11 is 1.64. The molecule has 4 rings (SSSR count). The number of benzene rings is 2. The molecular weight excluding hydrogens is 404 g/mol. The molecule has 1 aromatic heterocycles. The first-order chi connectivity index (χ1) is 15.1. The molecule has 1 amide bonds. The van der Waals surface area contributed by atoms with Crippen LogP contribution in [0.15, 0.2) is 76.9 Å². The van der Waals surface area contributed by atoms with Crippen LogP contribution < -0.4 is 10.2 Å². The van der Waals surface area contributed by atoms with E-state index in [1.54, 1.807) is 24.2 Å². The zero-order valence-electron chi connectivity index (χ0n) is 18.0. The van der Waals surface area contributed by atoms with Gasteiger partial charge in [0.05, 0.1) is 6.04 Å². The molecule has 0 bridgehead atoms. The Kier molecular flexibility index (Phi) is 6.87. The van der Waals surface area contributed by atoms with Crippen molar-refractivity contribution in [2.75, 3.05) is 18.0 Å². The Balaban J connectivity index is 1.36. The average Bonchev–Trinajstić information content (AvgIpc) is 2.81. The van der Waals surface area contributed by atoms with Crippen LogP contribution >= 0.6 is 11.8 Å². The molecule has 0 radical (unpaired) electrons. The third-order valence-electron chi connectivity index (χ3n) is 5.71. The maximum atomic E-state index is 12.8. The zero-order chi connectivity index (χ0) is 21.6. The number of rotatable bonds is 6. The van der Waals surface area contributed by atoms with Gasteiger partial charge in [-0.05, 0) is 44.4 Å². The fourth-order valence-electron chi connectivity index (χ4n) is 3.83. The maximum absolute atomic E-state index is 12.8. The molecule has 2 heterocycles. The van der Waals surface area contributed by atoms with Crippen molar-refractivity contribution in [1.29, 1.82) is 0 Å². The molecule has 6 heteroatoms. The minimum atomic E-state index is 0.0178. The standard InChI is InChI=1S/C25H28N4OS/c1-18-8-10-22(11-9-18)31-25-23(26-14-15-27-25)29-16-12-21(13-17-29)24(30)28-19(2)20-6-4-3-5-7-20/h3-11,14-15,19,21H,12-13,16-17H2,1-2H3,(H,28,30). The molecule has 1 aliphatic rings. The van der Waals surface area contributed by atoms with Gasteiger partial charge in [-0.1, -0.05) is 59.8 Å². The predicted molar refractivity (Wildman–Crippen MR) is 125 cm³/mol. The van der Waals surface area contributed by atoms with E-state index in [1.807, 2.05) is 25.1 Å². The molecule has 1 unspecified atom stereocenters. The van der Waals surface area contributed by atoms with Crippen LogP contribution in [0.3, 0.4) is 0 Å². The molecule has 160 valence electrons. The fourth-order valence-corrected chi connectivity index (χ4v) is 4.72. The molecule has 3 aromatic rings. The number of hydrogen-bond donors (Lipinski definition) is 1. The minimum Gasteiger partial charge on any atom is -0.354 e. The van der Waals surface area contributed by atoms with E-state index < -0.39 is 0 Å². The van der Waals surface area contributed by atoms with Gasteiger partial charge in [-0.2, -0.15) is 0 Å². The highest BCUT2D eigenvalue weighted by Gasteiger charge is 2.28. The summed E-state index contributed by atoms with van der Waals surface area (Å²) in [6.45, 7) is 5.73. The molecule has 2 aromatic carbocycles. The van der Waals surface area contributed by atoms with Crippen molar-refractivity contribution in [2.45, 2.75) is 42.7 Å². The first-order valence-electron chi connectivity index (χ1n) is 10.8. The fraction of sp³-hybridized carbons (Fsp3) is 0.320. The summed E-state index contributed by atoms with van der Waals surface area (Å²) in [6, 6.07) is 18.6. The lowest BCUT2D eigenvalue weighted by molar-refractivity contribution is -0.126. The number of hydrogen-bond acceptors (Lipinski definition) is 5. The number of amides is 1. The molecule has 1 fully saturated rings. The number of carbonyl (C=O) groups is 1. The third-order valence-corrected chi connectivity index (χ3v) is 6.69. The summed E-state index contributed by atoms with van der Waals surface area (Å²) in [4.78, 5) is 25.4. The molecule has 31 heavy (non-hydrogen) atoms. The molecule has 1 atom stereocenters. The lowest BCUT2D eigenvalue weighted by atomic mass is 9.95. The first-order valence-corrected chi connectivity index (χ1v) is 11.6. The molecule has 1 saturated heterocycles. The van der Waals surface area contributed by atoms with Crippen molar-refractivity contribution in [1.82, 2.24) is 15.3 Å². The number of carbonyl (C=O) groups excluding carboxylic acids is 1. The smallest absolute Gasteiger partial charge is 0.223 e. The van der Waals surface area contributed by atoms with Gasteiger partial charge in [-0.3, -0.25) is 4.79 Å². The summed E-state index contributed by atoms with van der Waals surface area (Å²) in [7, 11) is 0. The zero-order valence-corrected chi connectivity index (χ0v) is 18.8. The number of piperidine rings is 1. The Morgan fingerprint density at radius 2 is 1.71 bits per heavy atom. The average molecular weight is 433 g/mol. The lowest BCUT2D eigenvalue weighted by Gasteiger charge is -2.33. The van der Waals surface area contributed by atoms with E-state index in [-0.39, 0.29) is 17.9 Å². The molecular formula is C25H28N4OS. The minimum absolute atomic E-state index is 0.0178. The van der Waals surface area contributed by atoms with Crippen LogP contribution in [0.1, 0.15) is 36.9 Å². The molecule has 1 N–H and O–H groups in total. The van der Waals surface area contributed by atoms with Crippen LogP contribution in [0.25, 0.3) is 0 Å². The van der Waals surface area contributed by atoms with E-state index in [9.17, 15) is 4.79 Å². The van der Waals surface area contributed by atoms with Crippen LogP contribution in [0.5, 0.6) is 0 Å². The summed E-state index contributed by atoms with van der Waals surface area (Å²) in [5.74, 6) is 1.08. The monoisotopic (exact) mass is 432 g/mol. The van der Waals surface area contributed by atoms with Crippen molar-refractivity contribution in [2.24, 2.45) is 5.92 Å². The highest BCUT2D eigenvalue weighted by Crippen LogP contribution is 2.34. The normalized spacial score (nSPS) is 15.5. The van der Waals surface area contributed by atoms with Crippen LogP contribution in [-0.2, 0) is 4.79 Å². The number of nitrogens with zero attached hydrogens (tertiary/aromatic N) is 3. The summed E-state index contributed by atoms with van der Waals surface area (Å²) < 4.78 is 0. The summed E-state index contributed by atoms with van der Waals surface area (Å²) in [5.41, 5.74) is 2.37. The van der Waals surface area contributed by atoms with Gasteiger partial charge in [-0.25, -0.2) is 9.97 Å².